The summed E-state index contributed by atoms with van der Waals surface area (Å²) in [4.78, 5) is 1.32. The van der Waals surface area contributed by atoms with E-state index >= 15 is 0 Å². The molecule has 1 aromatic heterocycles. The highest BCUT2D eigenvalue weighted by atomic mass is 19.4. The molecule has 0 radical (unpaired) electrons. The number of aromatic amines is 1. The molecule has 0 saturated carbocycles. The van der Waals surface area contributed by atoms with Gasteiger partial charge in [0.1, 0.15) is 0 Å². The van der Waals surface area contributed by atoms with Gasteiger partial charge in [0.15, 0.2) is 0 Å². The van der Waals surface area contributed by atoms with Gasteiger partial charge >= 0.3 is 6.18 Å². The quantitative estimate of drug-likeness (QED) is 0.774. The molecule has 0 unspecified atom stereocenters. The number of hydrogen-bond donors (Lipinski definition) is 2. The standard InChI is InChI=1S/C9H15F3N4/c1-13-4-5-16(7-9(10,11)12)6-8-2-3-14-15-8/h2-3,13H,4-7H2,1H3,(H,14,15). The van der Waals surface area contributed by atoms with Gasteiger partial charge < -0.3 is 5.32 Å². The van der Waals surface area contributed by atoms with Crippen LogP contribution in [0, 0.1) is 0 Å². The maximum absolute atomic E-state index is 12.3. The molecular formula is C9H15F3N4. The first kappa shape index (κ1) is 13.0. The van der Waals surface area contributed by atoms with Gasteiger partial charge in [0.25, 0.3) is 0 Å². The van der Waals surface area contributed by atoms with Crippen LogP contribution in [-0.2, 0) is 6.54 Å². The van der Waals surface area contributed by atoms with Crippen LogP contribution >= 0.6 is 0 Å². The minimum atomic E-state index is -4.17. The van der Waals surface area contributed by atoms with Crippen LogP contribution in [-0.4, -0.2) is 48.0 Å². The molecule has 4 nitrogen and oxygen atoms in total. The fourth-order valence-corrected chi connectivity index (χ4v) is 1.35. The van der Waals surface area contributed by atoms with Crippen molar-refractivity contribution >= 4 is 0 Å². The molecule has 1 heterocycles. The highest BCUT2D eigenvalue weighted by Crippen LogP contribution is 2.17. The van der Waals surface area contributed by atoms with E-state index in [1.807, 2.05) is 0 Å². The minimum Gasteiger partial charge on any atom is -0.318 e. The molecule has 16 heavy (non-hydrogen) atoms. The van der Waals surface area contributed by atoms with E-state index in [-0.39, 0.29) is 6.54 Å². The maximum Gasteiger partial charge on any atom is 0.401 e. The number of rotatable bonds is 6. The monoisotopic (exact) mass is 236 g/mol. The smallest absolute Gasteiger partial charge is 0.318 e. The zero-order valence-corrected chi connectivity index (χ0v) is 9.01. The van der Waals surface area contributed by atoms with E-state index in [2.05, 4.69) is 15.5 Å². The molecule has 0 aliphatic rings. The third-order valence-electron chi connectivity index (χ3n) is 2.03. The Balaban J connectivity index is 2.50. The molecule has 0 bridgehead atoms. The third kappa shape index (κ3) is 5.13. The first-order valence-corrected chi connectivity index (χ1v) is 4.93. The zero-order chi connectivity index (χ0) is 12.0. The van der Waals surface area contributed by atoms with Crippen molar-refractivity contribution in [3.63, 3.8) is 0 Å². The fraction of sp³-hybridized carbons (Fsp3) is 0.667. The molecule has 0 spiro atoms. The number of aromatic nitrogens is 2. The Morgan fingerprint density at radius 2 is 2.25 bits per heavy atom. The molecule has 1 aromatic rings. The molecule has 92 valence electrons. The Morgan fingerprint density at radius 1 is 1.50 bits per heavy atom. The summed E-state index contributed by atoms with van der Waals surface area (Å²) in [6, 6.07) is 1.67. The third-order valence-corrected chi connectivity index (χ3v) is 2.03. The Bertz CT molecular complexity index is 283. The lowest BCUT2D eigenvalue weighted by Crippen LogP contribution is -2.37. The van der Waals surface area contributed by atoms with E-state index in [0.717, 1.165) is 0 Å². The van der Waals surface area contributed by atoms with Crippen LogP contribution in [0.15, 0.2) is 12.3 Å². The van der Waals surface area contributed by atoms with Gasteiger partial charge in [0.05, 0.1) is 6.54 Å². The number of nitrogens with zero attached hydrogens (tertiary/aromatic N) is 2. The highest BCUT2D eigenvalue weighted by molar-refractivity contribution is 4.97. The summed E-state index contributed by atoms with van der Waals surface area (Å²) in [7, 11) is 1.71. The molecule has 2 N–H and O–H groups in total. The van der Waals surface area contributed by atoms with Gasteiger partial charge in [-0.3, -0.25) is 10.00 Å². The second-order valence-corrected chi connectivity index (χ2v) is 3.51. The molecule has 1 rings (SSSR count). The highest BCUT2D eigenvalue weighted by Gasteiger charge is 2.30. The topological polar surface area (TPSA) is 44.0 Å². The van der Waals surface area contributed by atoms with Crippen molar-refractivity contribution in [2.24, 2.45) is 0 Å². The normalized spacial score (nSPS) is 12.3. The van der Waals surface area contributed by atoms with E-state index in [1.54, 1.807) is 13.1 Å². The molecular weight excluding hydrogens is 221 g/mol. The summed E-state index contributed by atoms with van der Waals surface area (Å²) >= 11 is 0. The van der Waals surface area contributed by atoms with Crippen molar-refractivity contribution in [1.29, 1.82) is 0 Å². The van der Waals surface area contributed by atoms with Crippen molar-refractivity contribution in [2.45, 2.75) is 12.7 Å². The molecule has 7 heteroatoms. The molecule has 0 saturated heterocycles. The van der Waals surface area contributed by atoms with Gasteiger partial charge in [-0.1, -0.05) is 0 Å². The first-order valence-electron chi connectivity index (χ1n) is 4.93. The van der Waals surface area contributed by atoms with Crippen molar-refractivity contribution in [2.75, 3.05) is 26.7 Å². The number of nitrogens with one attached hydrogen (secondary N) is 2. The van der Waals surface area contributed by atoms with E-state index in [4.69, 9.17) is 0 Å². The molecule has 0 aliphatic heterocycles. The maximum atomic E-state index is 12.3. The first-order chi connectivity index (χ1) is 7.51. The zero-order valence-electron chi connectivity index (χ0n) is 9.01. The van der Waals surface area contributed by atoms with Crippen molar-refractivity contribution < 1.29 is 13.2 Å². The predicted molar refractivity (Wildman–Crippen MR) is 53.8 cm³/mol. The number of halogens is 3. The molecule has 0 atom stereocenters. The number of likely N-dealkylation sites (N-methyl/N-ethyl adjacent to an activating group) is 1. The summed E-state index contributed by atoms with van der Waals surface area (Å²) in [6.45, 7) is 0.175. The van der Waals surface area contributed by atoms with E-state index < -0.39 is 12.7 Å². The number of H-pyrrole nitrogens is 1. The molecule has 0 aliphatic carbocycles. The van der Waals surface area contributed by atoms with Crippen LogP contribution in [0.3, 0.4) is 0 Å². The predicted octanol–water partition coefficient (Wildman–Crippen LogP) is 0.993. The van der Waals surface area contributed by atoms with Crippen molar-refractivity contribution in [3.05, 3.63) is 18.0 Å². The Labute approximate surface area is 91.8 Å². The van der Waals surface area contributed by atoms with Crippen LogP contribution in [0.5, 0.6) is 0 Å². The van der Waals surface area contributed by atoms with Gasteiger partial charge in [-0.2, -0.15) is 18.3 Å². The van der Waals surface area contributed by atoms with E-state index in [9.17, 15) is 13.2 Å². The molecule has 0 amide bonds. The van der Waals surface area contributed by atoms with Crippen LogP contribution in [0.2, 0.25) is 0 Å². The number of hydrogen-bond acceptors (Lipinski definition) is 3. The second-order valence-electron chi connectivity index (χ2n) is 3.51. The van der Waals surface area contributed by atoms with E-state index in [0.29, 0.717) is 18.8 Å². The van der Waals surface area contributed by atoms with Gasteiger partial charge in [-0.25, -0.2) is 0 Å². The summed E-state index contributed by atoms with van der Waals surface area (Å²) in [6.07, 6.45) is -2.65. The average molecular weight is 236 g/mol. The van der Waals surface area contributed by atoms with Crippen molar-refractivity contribution in [1.82, 2.24) is 20.4 Å². The van der Waals surface area contributed by atoms with Crippen LogP contribution < -0.4 is 5.32 Å². The fourth-order valence-electron chi connectivity index (χ4n) is 1.35. The lowest BCUT2D eigenvalue weighted by Gasteiger charge is -2.22. The summed E-state index contributed by atoms with van der Waals surface area (Å²) in [5.41, 5.74) is 0.681. The Morgan fingerprint density at radius 3 is 2.75 bits per heavy atom. The average Bonchev–Trinajstić information content (AvgIpc) is 2.64. The SMILES string of the molecule is CNCCN(Cc1ccn[nH]1)CC(F)(F)F. The van der Waals surface area contributed by atoms with Gasteiger partial charge in [0, 0.05) is 31.5 Å². The lowest BCUT2D eigenvalue weighted by molar-refractivity contribution is -0.147. The summed E-state index contributed by atoms with van der Waals surface area (Å²) < 4.78 is 36.8. The van der Waals surface area contributed by atoms with Crippen LogP contribution in [0.25, 0.3) is 0 Å². The number of alkyl halides is 3. The minimum absolute atomic E-state index is 0.223. The van der Waals surface area contributed by atoms with E-state index in [1.165, 1.54) is 11.1 Å². The van der Waals surface area contributed by atoms with Crippen LogP contribution in [0.4, 0.5) is 13.2 Å². The molecule has 0 aromatic carbocycles. The van der Waals surface area contributed by atoms with Crippen molar-refractivity contribution in [3.8, 4) is 0 Å². The Hall–Kier alpha value is -1.08. The lowest BCUT2D eigenvalue weighted by atomic mass is 10.3. The van der Waals surface area contributed by atoms with Gasteiger partial charge in [-0.05, 0) is 13.1 Å². The second kappa shape index (κ2) is 5.86. The van der Waals surface area contributed by atoms with Gasteiger partial charge in [-0.15, -0.1) is 0 Å². The summed E-state index contributed by atoms with van der Waals surface area (Å²) in [5.74, 6) is 0. The van der Waals surface area contributed by atoms with Crippen LogP contribution in [0.1, 0.15) is 5.69 Å². The molecule has 0 fully saturated rings. The Kier molecular flexibility index (Phi) is 4.75. The van der Waals surface area contributed by atoms with Gasteiger partial charge in [0.2, 0.25) is 0 Å². The summed E-state index contributed by atoms with van der Waals surface area (Å²) in [5, 5.41) is 9.18. The largest absolute Gasteiger partial charge is 0.401 e.